The molecule has 0 aromatic carbocycles. The molecule has 1 rings (SSSR count). The van der Waals surface area contributed by atoms with Gasteiger partial charge in [0.2, 0.25) is 0 Å². The Balaban J connectivity index is 2.43. The molecule has 10 heavy (non-hydrogen) atoms. The van der Waals surface area contributed by atoms with Gasteiger partial charge in [-0.1, -0.05) is 12.6 Å². The van der Waals surface area contributed by atoms with Crippen LogP contribution < -0.4 is 0 Å². The molecule has 0 fully saturated rings. The van der Waals surface area contributed by atoms with Crippen LogP contribution in [0.4, 0.5) is 0 Å². The molecule has 3 heteroatoms. The van der Waals surface area contributed by atoms with Crippen molar-refractivity contribution < 1.29 is 0 Å². The summed E-state index contributed by atoms with van der Waals surface area (Å²) in [5, 5.41) is 0. The number of aryl methyl sites for hydroxylation is 1. The molecule has 0 bridgehead atoms. The molecule has 1 aromatic heterocycles. The maximum absolute atomic E-state index is 4.80. The van der Waals surface area contributed by atoms with Crippen LogP contribution in [0, 0.1) is 0 Å². The summed E-state index contributed by atoms with van der Waals surface area (Å²) in [6, 6.07) is 0. The summed E-state index contributed by atoms with van der Waals surface area (Å²) < 4.78 is 0. The Hall–Kier alpha value is -0.570. The van der Waals surface area contributed by atoms with Crippen LogP contribution in [0.2, 0.25) is 0 Å². The van der Waals surface area contributed by atoms with Crippen LogP contribution in [-0.2, 0) is 6.42 Å². The lowest BCUT2D eigenvalue weighted by Gasteiger charge is -1.94. The maximum Gasteiger partial charge on any atom is 0.0586 e. The zero-order valence-electron chi connectivity index (χ0n) is 5.66. The van der Waals surface area contributed by atoms with Crippen LogP contribution >= 0.6 is 12.6 Å². The molecule has 1 heterocycles. The molecule has 0 atom stereocenters. The molecule has 0 saturated heterocycles. The minimum Gasteiger partial charge on any atom is -0.261 e. The van der Waals surface area contributed by atoms with Gasteiger partial charge in [0.1, 0.15) is 0 Å². The van der Waals surface area contributed by atoms with Gasteiger partial charge >= 0.3 is 0 Å². The molecule has 0 aliphatic heterocycles. The summed E-state index contributed by atoms with van der Waals surface area (Å²) in [6.45, 7) is 0. The SMILES string of the molecule is [S]CCCc1cnccn1. The Morgan fingerprint density at radius 2 is 2.30 bits per heavy atom. The fraction of sp³-hybridized carbons (Fsp3) is 0.429. The molecule has 1 aromatic rings. The van der Waals surface area contributed by atoms with Gasteiger partial charge in [0.15, 0.2) is 0 Å². The van der Waals surface area contributed by atoms with E-state index in [1.54, 1.807) is 18.6 Å². The van der Waals surface area contributed by atoms with E-state index in [0.717, 1.165) is 24.3 Å². The first kappa shape index (κ1) is 7.54. The summed E-state index contributed by atoms with van der Waals surface area (Å²) in [5.41, 5.74) is 1.03. The van der Waals surface area contributed by atoms with Gasteiger partial charge in [-0.2, -0.15) is 0 Å². The first-order valence-corrected chi connectivity index (χ1v) is 3.84. The van der Waals surface area contributed by atoms with Gasteiger partial charge in [-0.05, 0) is 12.8 Å². The van der Waals surface area contributed by atoms with Gasteiger partial charge < -0.3 is 0 Å². The van der Waals surface area contributed by atoms with Crippen molar-refractivity contribution in [3.8, 4) is 0 Å². The second-order valence-electron chi connectivity index (χ2n) is 2.00. The number of hydrogen-bond acceptors (Lipinski definition) is 2. The molecule has 0 amide bonds. The Kier molecular flexibility index (Phi) is 3.22. The van der Waals surface area contributed by atoms with E-state index in [1.165, 1.54) is 0 Å². The Bertz CT molecular complexity index is 176. The van der Waals surface area contributed by atoms with E-state index in [1.807, 2.05) is 0 Å². The average Bonchev–Trinajstić information content (AvgIpc) is 2.03. The lowest BCUT2D eigenvalue weighted by atomic mass is 10.3. The summed E-state index contributed by atoms with van der Waals surface area (Å²) in [7, 11) is 0. The van der Waals surface area contributed by atoms with Gasteiger partial charge in [0, 0.05) is 24.3 Å². The van der Waals surface area contributed by atoms with E-state index in [4.69, 9.17) is 12.6 Å². The van der Waals surface area contributed by atoms with E-state index in [-0.39, 0.29) is 0 Å². The molecule has 0 spiro atoms. The summed E-state index contributed by atoms with van der Waals surface area (Å²) in [5.74, 6) is 0.802. The highest BCUT2D eigenvalue weighted by molar-refractivity contribution is 7.80. The second kappa shape index (κ2) is 4.28. The molecule has 0 unspecified atom stereocenters. The topological polar surface area (TPSA) is 25.8 Å². The van der Waals surface area contributed by atoms with Crippen molar-refractivity contribution in [2.45, 2.75) is 12.8 Å². The smallest absolute Gasteiger partial charge is 0.0586 e. The molecular formula is C7H9N2S. The van der Waals surface area contributed by atoms with Gasteiger partial charge in [-0.3, -0.25) is 9.97 Å². The lowest BCUT2D eigenvalue weighted by Crippen LogP contribution is -1.90. The monoisotopic (exact) mass is 153 g/mol. The predicted molar refractivity (Wildman–Crippen MR) is 42.8 cm³/mol. The van der Waals surface area contributed by atoms with Crippen LogP contribution in [-0.4, -0.2) is 15.7 Å². The molecule has 0 N–H and O–H groups in total. The van der Waals surface area contributed by atoms with Crippen LogP contribution in [0.1, 0.15) is 12.1 Å². The highest BCUT2D eigenvalue weighted by Crippen LogP contribution is 1.96. The Morgan fingerprint density at radius 1 is 1.40 bits per heavy atom. The molecule has 0 aliphatic carbocycles. The maximum atomic E-state index is 4.80. The summed E-state index contributed by atoms with van der Waals surface area (Å²) >= 11 is 4.80. The minimum absolute atomic E-state index is 0.802. The molecule has 0 saturated carbocycles. The summed E-state index contributed by atoms with van der Waals surface area (Å²) in [4.78, 5) is 8.05. The third-order valence-corrected chi connectivity index (χ3v) is 1.48. The zero-order valence-corrected chi connectivity index (χ0v) is 6.47. The molecule has 0 aliphatic rings. The average molecular weight is 153 g/mol. The van der Waals surface area contributed by atoms with Crippen LogP contribution in [0.15, 0.2) is 18.6 Å². The van der Waals surface area contributed by atoms with Crippen LogP contribution in [0.5, 0.6) is 0 Å². The fourth-order valence-electron chi connectivity index (χ4n) is 0.712. The highest BCUT2D eigenvalue weighted by atomic mass is 32.1. The quantitative estimate of drug-likeness (QED) is 0.659. The van der Waals surface area contributed by atoms with Crippen molar-refractivity contribution in [3.05, 3.63) is 24.3 Å². The number of nitrogens with zero attached hydrogens (tertiary/aromatic N) is 2. The standard InChI is InChI=1S/C7H9N2S/c10-5-1-2-7-6-8-3-4-9-7/h3-4,6H,1-2,5H2. The number of rotatable bonds is 3. The third kappa shape index (κ3) is 2.35. The molecule has 53 valence electrons. The Labute approximate surface area is 66.1 Å². The van der Waals surface area contributed by atoms with Crippen molar-refractivity contribution in [1.82, 2.24) is 9.97 Å². The van der Waals surface area contributed by atoms with E-state index in [2.05, 4.69) is 9.97 Å². The minimum atomic E-state index is 0.802. The lowest BCUT2D eigenvalue weighted by molar-refractivity contribution is 0.881. The first-order valence-electron chi connectivity index (χ1n) is 3.26. The Morgan fingerprint density at radius 3 is 2.90 bits per heavy atom. The van der Waals surface area contributed by atoms with E-state index >= 15 is 0 Å². The summed E-state index contributed by atoms with van der Waals surface area (Å²) in [6.07, 6.45) is 7.15. The van der Waals surface area contributed by atoms with Crippen molar-refractivity contribution in [1.29, 1.82) is 0 Å². The number of aromatic nitrogens is 2. The van der Waals surface area contributed by atoms with Crippen molar-refractivity contribution in [2.24, 2.45) is 0 Å². The third-order valence-electron chi connectivity index (χ3n) is 1.19. The van der Waals surface area contributed by atoms with E-state index in [0.29, 0.717) is 0 Å². The largest absolute Gasteiger partial charge is 0.261 e. The zero-order chi connectivity index (χ0) is 7.23. The molecular weight excluding hydrogens is 144 g/mol. The van der Waals surface area contributed by atoms with Crippen LogP contribution in [0.3, 0.4) is 0 Å². The normalized spacial score (nSPS) is 9.70. The molecule has 2 nitrogen and oxygen atoms in total. The first-order chi connectivity index (χ1) is 4.93. The van der Waals surface area contributed by atoms with Gasteiger partial charge in [-0.15, -0.1) is 0 Å². The van der Waals surface area contributed by atoms with Crippen LogP contribution in [0.25, 0.3) is 0 Å². The van der Waals surface area contributed by atoms with Crippen molar-refractivity contribution in [2.75, 3.05) is 5.75 Å². The van der Waals surface area contributed by atoms with E-state index in [9.17, 15) is 0 Å². The van der Waals surface area contributed by atoms with E-state index < -0.39 is 0 Å². The van der Waals surface area contributed by atoms with Gasteiger partial charge in [-0.25, -0.2) is 0 Å². The second-order valence-corrected chi connectivity index (χ2v) is 2.41. The van der Waals surface area contributed by atoms with Crippen molar-refractivity contribution in [3.63, 3.8) is 0 Å². The van der Waals surface area contributed by atoms with Crippen molar-refractivity contribution >= 4 is 12.6 Å². The predicted octanol–water partition coefficient (Wildman–Crippen LogP) is 1.61. The highest BCUT2D eigenvalue weighted by Gasteiger charge is 1.90. The van der Waals surface area contributed by atoms with Gasteiger partial charge in [0.25, 0.3) is 0 Å². The molecule has 1 radical (unpaired) electrons. The fourth-order valence-corrected chi connectivity index (χ4v) is 0.857. The number of hydrogen-bond donors (Lipinski definition) is 0. The van der Waals surface area contributed by atoms with Gasteiger partial charge in [0.05, 0.1) is 5.69 Å².